The lowest BCUT2D eigenvalue weighted by molar-refractivity contribution is 0.375. The Balaban J connectivity index is 2.99. The first-order chi connectivity index (χ1) is 2.81. The van der Waals surface area contributed by atoms with Crippen LogP contribution in [0.3, 0.4) is 0 Å². The summed E-state index contributed by atoms with van der Waals surface area (Å²) >= 11 is 0. The van der Waals surface area contributed by atoms with Crippen molar-refractivity contribution in [2.24, 2.45) is 0 Å². The summed E-state index contributed by atoms with van der Waals surface area (Å²) in [5.74, 6) is 4.90. The van der Waals surface area contributed by atoms with Crippen molar-refractivity contribution in [3.63, 3.8) is 0 Å². The second kappa shape index (κ2) is 3.37. The molecule has 0 saturated carbocycles. The molecule has 0 bridgehead atoms. The van der Waals surface area contributed by atoms with E-state index in [-0.39, 0.29) is 16.4 Å². The molecule has 0 rings (SSSR count). The van der Waals surface area contributed by atoms with Gasteiger partial charge in [-0.2, -0.15) is 10.5 Å². The number of aliphatic hydroxyl groups is 1. The monoisotopic (exact) mass is 106 g/mol. The lowest BCUT2D eigenvalue weighted by atomic mass is 11.0. The summed E-state index contributed by atoms with van der Waals surface area (Å²) < 4.78 is 0. The molecule has 0 amide bonds. The van der Waals surface area contributed by atoms with Crippen LogP contribution in [0.25, 0.3) is 0 Å². The summed E-state index contributed by atoms with van der Waals surface area (Å²) in [7, 11) is 0.0216. The van der Waals surface area contributed by atoms with Crippen LogP contribution >= 0.6 is 10.5 Å². The third-order valence-electron chi connectivity index (χ3n) is 0.591. The Morgan fingerprint density at radius 2 is 2.33 bits per heavy atom. The first-order valence-corrected chi connectivity index (χ1v) is 3.62. The van der Waals surface area contributed by atoms with E-state index in [4.69, 9.17) is 5.11 Å². The minimum absolute atomic E-state index is 0.0216. The molecule has 0 aliphatic heterocycles. The van der Waals surface area contributed by atoms with Gasteiger partial charge in [0.15, 0.2) is 0 Å². The van der Waals surface area contributed by atoms with Crippen LogP contribution in [-0.4, -0.2) is 22.7 Å². The van der Waals surface area contributed by atoms with Gasteiger partial charge in [-0.05, 0) is 5.75 Å². The van der Waals surface area contributed by atoms with E-state index in [1.54, 1.807) is 0 Å². The number of hydrogen-bond acceptors (Lipinski definition) is 1. The van der Waals surface area contributed by atoms with Gasteiger partial charge in [-0.25, -0.2) is 0 Å². The van der Waals surface area contributed by atoms with E-state index < -0.39 is 0 Å². The maximum atomic E-state index is 8.28. The van der Waals surface area contributed by atoms with Crippen LogP contribution in [0.4, 0.5) is 0 Å². The van der Waals surface area contributed by atoms with Gasteiger partial charge in [0.2, 0.25) is 0 Å². The fourth-order valence-electron chi connectivity index (χ4n) is 0.0913. The van der Waals surface area contributed by atoms with Crippen LogP contribution in [0.15, 0.2) is 0 Å². The molecule has 2 heteroatoms. The summed E-state index contributed by atoms with van der Waals surface area (Å²) in [6, 6.07) is 0. The highest BCUT2D eigenvalue weighted by atomic mass is 32.2. The third kappa shape index (κ3) is 2.42. The van der Waals surface area contributed by atoms with Gasteiger partial charge in [-0.3, -0.25) is 0 Å². The van der Waals surface area contributed by atoms with Crippen LogP contribution < -0.4 is 0 Å². The molecule has 0 aromatic heterocycles. The highest BCUT2D eigenvalue weighted by molar-refractivity contribution is 8.13. The van der Waals surface area contributed by atoms with Gasteiger partial charge < -0.3 is 5.11 Å². The Morgan fingerprint density at radius 3 is 2.33 bits per heavy atom. The highest BCUT2D eigenvalue weighted by Gasteiger charge is 1.76. The van der Waals surface area contributed by atoms with Crippen LogP contribution in [-0.2, 0) is 0 Å². The van der Waals surface area contributed by atoms with E-state index in [1.807, 2.05) is 6.92 Å². The van der Waals surface area contributed by atoms with Crippen molar-refractivity contribution in [1.29, 1.82) is 0 Å². The van der Waals surface area contributed by atoms with E-state index in [0.29, 0.717) is 0 Å². The predicted molar refractivity (Wildman–Crippen MR) is 32.3 cm³/mol. The molecule has 0 radical (unpaired) electrons. The zero-order valence-electron chi connectivity index (χ0n) is 3.98. The zero-order valence-corrected chi connectivity index (χ0v) is 4.79. The molecule has 0 aromatic rings. The Hall–Kier alpha value is 0.180. The van der Waals surface area contributed by atoms with E-state index in [1.165, 1.54) is 0 Å². The molecule has 6 heavy (non-hydrogen) atoms. The number of rotatable bonds is 2. The van der Waals surface area contributed by atoms with Gasteiger partial charge in [0.05, 0.1) is 5.94 Å². The lowest BCUT2D eigenvalue weighted by Gasteiger charge is -1.91. The standard InChI is InChI=1S/C4H10OS/c1-3-6(2)4-5/h5H,2-4H2,1H3. The average Bonchev–Trinajstić information content (AvgIpc) is 1.65. The molecular formula is C4H10OS. The van der Waals surface area contributed by atoms with Crippen LogP contribution in [0.2, 0.25) is 0 Å². The van der Waals surface area contributed by atoms with E-state index >= 15 is 0 Å². The smallest absolute Gasteiger partial charge is 0.0833 e. The molecule has 0 aliphatic rings. The molecule has 1 atom stereocenters. The summed E-state index contributed by atoms with van der Waals surface area (Å²) in [6.07, 6.45) is 0. The molecule has 1 unspecified atom stereocenters. The minimum Gasteiger partial charge on any atom is -0.386 e. The van der Waals surface area contributed by atoms with Gasteiger partial charge in [-0.15, -0.1) is 0 Å². The molecular weight excluding hydrogens is 96.1 g/mol. The minimum atomic E-state index is 0.0216. The second-order valence-corrected chi connectivity index (χ2v) is 3.09. The van der Waals surface area contributed by atoms with E-state index in [9.17, 15) is 0 Å². The van der Waals surface area contributed by atoms with Crippen molar-refractivity contribution in [3.8, 4) is 0 Å². The van der Waals surface area contributed by atoms with Gasteiger partial charge in [0, 0.05) is 0 Å². The Kier molecular flexibility index (Phi) is 3.47. The fourth-order valence-corrected chi connectivity index (χ4v) is 0.274. The molecule has 0 spiro atoms. The number of aliphatic hydroxyl groups excluding tert-OH is 1. The Labute approximate surface area is 40.9 Å². The van der Waals surface area contributed by atoms with E-state index in [2.05, 4.69) is 5.87 Å². The molecule has 0 aliphatic carbocycles. The third-order valence-corrected chi connectivity index (χ3v) is 1.77. The molecule has 1 N–H and O–H groups in total. The molecule has 1 nitrogen and oxygen atoms in total. The van der Waals surface area contributed by atoms with Crippen LogP contribution in [0, 0.1) is 0 Å². The first-order valence-electron chi connectivity index (χ1n) is 1.89. The maximum absolute atomic E-state index is 8.28. The normalized spacial score (nSPS) is 14.3. The van der Waals surface area contributed by atoms with Gasteiger partial charge in [0.25, 0.3) is 0 Å². The Morgan fingerprint density at radius 1 is 1.83 bits per heavy atom. The van der Waals surface area contributed by atoms with Crippen molar-refractivity contribution in [2.45, 2.75) is 6.92 Å². The maximum Gasteiger partial charge on any atom is 0.0833 e. The van der Waals surface area contributed by atoms with Crippen LogP contribution in [0.1, 0.15) is 6.92 Å². The van der Waals surface area contributed by atoms with Crippen molar-refractivity contribution in [3.05, 3.63) is 0 Å². The highest BCUT2D eigenvalue weighted by Crippen LogP contribution is 2.02. The van der Waals surface area contributed by atoms with Crippen molar-refractivity contribution >= 4 is 16.4 Å². The molecule has 0 fully saturated rings. The van der Waals surface area contributed by atoms with Gasteiger partial charge in [0.1, 0.15) is 0 Å². The lowest BCUT2D eigenvalue weighted by Crippen LogP contribution is -1.77. The second-order valence-electron chi connectivity index (χ2n) is 1.03. The SMILES string of the molecule is C=S(CC)CO. The Bertz CT molecular complexity index is 45.5. The molecule has 0 saturated heterocycles. The summed E-state index contributed by atoms with van der Waals surface area (Å²) in [5, 5.41) is 8.28. The van der Waals surface area contributed by atoms with Crippen molar-refractivity contribution < 1.29 is 5.11 Å². The van der Waals surface area contributed by atoms with Crippen molar-refractivity contribution in [2.75, 3.05) is 11.7 Å². The molecule has 38 valence electrons. The largest absolute Gasteiger partial charge is 0.386 e. The molecule has 0 heterocycles. The van der Waals surface area contributed by atoms with Crippen molar-refractivity contribution in [1.82, 2.24) is 0 Å². The van der Waals surface area contributed by atoms with Gasteiger partial charge >= 0.3 is 0 Å². The summed E-state index contributed by atoms with van der Waals surface area (Å²) in [4.78, 5) is 0. The van der Waals surface area contributed by atoms with E-state index in [0.717, 1.165) is 5.75 Å². The summed E-state index contributed by atoms with van der Waals surface area (Å²) in [5.41, 5.74) is 0. The number of hydrogen-bond donors (Lipinski definition) is 1. The van der Waals surface area contributed by atoms with Gasteiger partial charge in [-0.1, -0.05) is 12.8 Å². The predicted octanol–water partition coefficient (Wildman–Crippen LogP) is 0.657. The fraction of sp³-hybridized carbons (Fsp3) is 0.750. The van der Waals surface area contributed by atoms with Crippen LogP contribution in [0.5, 0.6) is 0 Å². The summed E-state index contributed by atoms with van der Waals surface area (Å²) in [6.45, 7) is 2.02. The molecule has 0 aromatic carbocycles. The average molecular weight is 106 g/mol. The quantitative estimate of drug-likeness (QED) is 0.513. The topological polar surface area (TPSA) is 20.2 Å². The zero-order chi connectivity index (χ0) is 4.99. The first kappa shape index (κ1) is 6.18.